The molecule has 2 heterocycles. The van der Waals surface area contributed by atoms with E-state index in [4.69, 9.17) is 4.74 Å². The van der Waals surface area contributed by atoms with Gasteiger partial charge in [-0.25, -0.2) is 4.39 Å². The molecule has 0 bridgehead atoms. The third-order valence-corrected chi connectivity index (χ3v) is 2.72. The van der Waals surface area contributed by atoms with E-state index < -0.39 is 0 Å². The van der Waals surface area contributed by atoms with E-state index in [0.717, 1.165) is 28.9 Å². The molecule has 0 aliphatic carbocycles. The predicted molar refractivity (Wildman–Crippen MR) is 58.8 cm³/mol. The molecule has 0 saturated heterocycles. The minimum Gasteiger partial charge on any atom is -0.492 e. The van der Waals surface area contributed by atoms with E-state index in [1.807, 2.05) is 12.1 Å². The SMILES string of the molecule is Fc1cc2c(c(-c3cccnc3)c1)OCC2. The molecule has 16 heavy (non-hydrogen) atoms. The minimum absolute atomic E-state index is 0.219. The molecule has 1 aromatic heterocycles. The van der Waals surface area contributed by atoms with E-state index in [-0.39, 0.29) is 5.82 Å². The second kappa shape index (κ2) is 3.59. The first-order chi connectivity index (χ1) is 7.84. The van der Waals surface area contributed by atoms with Gasteiger partial charge < -0.3 is 4.74 Å². The fraction of sp³-hybridized carbons (Fsp3) is 0.154. The highest BCUT2D eigenvalue weighted by atomic mass is 19.1. The molecule has 1 aromatic carbocycles. The summed E-state index contributed by atoms with van der Waals surface area (Å²) in [7, 11) is 0. The van der Waals surface area contributed by atoms with E-state index in [9.17, 15) is 4.39 Å². The van der Waals surface area contributed by atoms with Crippen molar-refractivity contribution >= 4 is 0 Å². The maximum absolute atomic E-state index is 13.4. The van der Waals surface area contributed by atoms with Crippen molar-refractivity contribution in [2.45, 2.75) is 6.42 Å². The van der Waals surface area contributed by atoms with Crippen molar-refractivity contribution in [3.05, 3.63) is 48.0 Å². The van der Waals surface area contributed by atoms with Crippen molar-refractivity contribution in [2.24, 2.45) is 0 Å². The second-order valence-corrected chi connectivity index (χ2v) is 3.78. The predicted octanol–water partition coefficient (Wildman–Crippen LogP) is 2.82. The Bertz CT molecular complexity index is 525. The van der Waals surface area contributed by atoms with Crippen molar-refractivity contribution in [3.63, 3.8) is 0 Å². The highest BCUT2D eigenvalue weighted by Crippen LogP contribution is 2.37. The van der Waals surface area contributed by atoms with Gasteiger partial charge in [0, 0.05) is 35.5 Å². The van der Waals surface area contributed by atoms with E-state index in [2.05, 4.69) is 4.98 Å². The van der Waals surface area contributed by atoms with Crippen molar-refractivity contribution in [1.82, 2.24) is 4.98 Å². The number of nitrogens with zero attached hydrogens (tertiary/aromatic N) is 1. The van der Waals surface area contributed by atoms with Crippen LogP contribution in [0.5, 0.6) is 5.75 Å². The molecule has 1 aliphatic rings. The Kier molecular flexibility index (Phi) is 2.10. The number of fused-ring (bicyclic) bond motifs is 1. The van der Waals surface area contributed by atoms with E-state index in [0.29, 0.717) is 6.61 Å². The number of benzene rings is 1. The molecule has 1 aliphatic heterocycles. The molecule has 2 aromatic rings. The average Bonchev–Trinajstić information content (AvgIpc) is 2.77. The summed E-state index contributed by atoms with van der Waals surface area (Å²) in [5.41, 5.74) is 2.62. The molecule has 0 amide bonds. The summed E-state index contributed by atoms with van der Waals surface area (Å²) in [4.78, 5) is 4.04. The number of hydrogen-bond acceptors (Lipinski definition) is 2. The molecule has 0 fully saturated rings. The first kappa shape index (κ1) is 9.33. The first-order valence-electron chi connectivity index (χ1n) is 5.20. The van der Waals surface area contributed by atoms with Gasteiger partial charge in [0.1, 0.15) is 11.6 Å². The van der Waals surface area contributed by atoms with E-state index in [1.165, 1.54) is 6.07 Å². The molecule has 80 valence electrons. The van der Waals surface area contributed by atoms with Gasteiger partial charge in [-0.05, 0) is 18.2 Å². The molecule has 0 spiro atoms. The summed E-state index contributed by atoms with van der Waals surface area (Å²) in [6.45, 7) is 0.631. The maximum atomic E-state index is 13.4. The van der Waals surface area contributed by atoms with Crippen LogP contribution in [-0.2, 0) is 6.42 Å². The third kappa shape index (κ3) is 1.45. The molecule has 0 saturated carbocycles. The van der Waals surface area contributed by atoms with Gasteiger partial charge in [0.25, 0.3) is 0 Å². The van der Waals surface area contributed by atoms with E-state index >= 15 is 0 Å². The zero-order valence-corrected chi connectivity index (χ0v) is 8.61. The van der Waals surface area contributed by atoms with Crippen LogP contribution in [-0.4, -0.2) is 11.6 Å². The summed E-state index contributed by atoms with van der Waals surface area (Å²) >= 11 is 0. The smallest absolute Gasteiger partial charge is 0.130 e. The van der Waals surface area contributed by atoms with Gasteiger partial charge in [0.05, 0.1) is 6.61 Å². The molecular weight excluding hydrogens is 205 g/mol. The zero-order valence-electron chi connectivity index (χ0n) is 8.61. The van der Waals surface area contributed by atoms with Gasteiger partial charge in [-0.3, -0.25) is 4.98 Å². The largest absolute Gasteiger partial charge is 0.492 e. The first-order valence-corrected chi connectivity index (χ1v) is 5.20. The molecule has 2 nitrogen and oxygen atoms in total. The van der Waals surface area contributed by atoms with Crippen molar-refractivity contribution in [2.75, 3.05) is 6.61 Å². The van der Waals surface area contributed by atoms with E-state index in [1.54, 1.807) is 18.5 Å². The van der Waals surface area contributed by atoms with Gasteiger partial charge in [0.15, 0.2) is 0 Å². The number of aromatic nitrogens is 1. The number of ether oxygens (including phenoxy) is 1. The van der Waals surface area contributed by atoms with Crippen molar-refractivity contribution < 1.29 is 9.13 Å². The van der Waals surface area contributed by atoms with Crippen LogP contribution in [0.3, 0.4) is 0 Å². The Balaban J connectivity index is 2.21. The topological polar surface area (TPSA) is 22.1 Å². The fourth-order valence-corrected chi connectivity index (χ4v) is 2.01. The number of halogens is 1. The summed E-state index contributed by atoms with van der Waals surface area (Å²) in [5.74, 6) is 0.581. The molecule has 0 radical (unpaired) electrons. The highest BCUT2D eigenvalue weighted by Gasteiger charge is 2.18. The lowest BCUT2D eigenvalue weighted by atomic mass is 10.0. The Morgan fingerprint density at radius 2 is 2.25 bits per heavy atom. The molecular formula is C13H10FNO. The Morgan fingerprint density at radius 1 is 1.31 bits per heavy atom. The molecule has 3 heteroatoms. The highest BCUT2D eigenvalue weighted by molar-refractivity contribution is 5.72. The van der Waals surface area contributed by atoms with Crippen LogP contribution in [0, 0.1) is 5.82 Å². The van der Waals surface area contributed by atoms with Crippen LogP contribution in [0.15, 0.2) is 36.7 Å². The number of hydrogen-bond donors (Lipinski definition) is 0. The summed E-state index contributed by atoms with van der Waals surface area (Å²) in [6, 6.07) is 6.79. The molecule has 0 N–H and O–H groups in total. The van der Waals surface area contributed by atoms with Crippen LogP contribution in [0.25, 0.3) is 11.1 Å². The van der Waals surface area contributed by atoms with Crippen LogP contribution >= 0.6 is 0 Å². The molecule has 0 unspecified atom stereocenters. The fourth-order valence-electron chi connectivity index (χ4n) is 2.01. The lowest BCUT2D eigenvalue weighted by Crippen LogP contribution is -1.89. The maximum Gasteiger partial charge on any atom is 0.130 e. The Morgan fingerprint density at radius 3 is 3.06 bits per heavy atom. The van der Waals surface area contributed by atoms with Gasteiger partial charge in [-0.2, -0.15) is 0 Å². The van der Waals surface area contributed by atoms with Gasteiger partial charge in [-0.1, -0.05) is 6.07 Å². The van der Waals surface area contributed by atoms with Crippen molar-refractivity contribution in [3.8, 4) is 16.9 Å². The summed E-state index contributed by atoms with van der Waals surface area (Å²) in [6.07, 6.45) is 4.20. The second-order valence-electron chi connectivity index (χ2n) is 3.78. The summed E-state index contributed by atoms with van der Waals surface area (Å²) < 4.78 is 19.0. The summed E-state index contributed by atoms with van der Waals surface area (Å²) in [5, 5.41) is 0. The lowest BCUT2D eigenvalue weighted by Gasteiger charge is -2.07. The minimum atomic E-state index is -0.219. The van der Waals surface area contributed by atoms with Crippen LogP contribution in [0.4, 0.5) is 4.39 Å². The molecule has 3 rings (SSSR count). The Labute approximate surface area is 92.7 Å². The Hall–Kier alpha value is -1.90. The van der Waals surface area contributed by atoms with Crippen LogP contribution in [0.2, 0.25) is 0 Å². The lowest BCUT2D eigenvalue weighted by molar-refractivity contribution is 0.358. The standard InChI is InChI=1S/C13H10FNO/c14-11-6-9-3-5-16-13(9)12(7-11)10-2-1-4-15-8-10/h1-2,4,6-8H,3,5H2. The number of rotatable bonds is 1. The van der Waals surface area contributed by atoms with Crippen LogP contribution in [0.1, 0.15) is 5.56 Å². The van der Waals surface area contributed by atoms with Gasteiger partial charge >= 0.3 is 0 Å². The zero-order chi connectivity index (χ0) is 11.0. The monoisotopic (exact) mass is 215 g/mol. The number of pyridine rings is 1. The average molecular weight is 215 g/mol. The third-order valence-electron chi connectivity index (χ3n) is 2.72. The van der Waals surface area contributed by atoms with Crippen LogP contribution < -0.4 is 4.74 Å². The van der Waals surface area contributed by atoms with Gasteiger partial charge in [0.2, 0.25) is 0 Å². The quantitative estimate of drug-likeness (QED) is 0.729. The van der Waals surface area contributed by atoms with Crippen molar-refractivity contribution in [1.29, 1.82) is 0 Å². The normalized spacial score (nSPS) is 13.3. The van der Waals surface area contributed by atoms with Gasteiger partial charge in [-0.15, -0.1) is 0 Å². The molecule has 0 atom stereocenters.